The molecule has 1 aromatic rings. The van der Waals surface area contributed by atoms with Crippen molar-refractivity contribution in [1.82, 2.24) is 10.6 Å². The molecule has 2 rings (SSSR count). The van der Waals surface area contributed by atoms with Crippen molar-refractivity contribution in [3.63, 3.8) is 0 Å². The second-order valence-electron chi connectivity index (χ2n) is 6.90. The van der Waals surface area contributed by atoms with E-state index in [4.69, 9.17) is 12.2 Å². The molecule has 0 aromatic heterocycles. The van der Waals surface area contributed by atoms with Crippen LogP contribution >= 0.6 is 12.2 Å². The molecule has 4 heteroatoms. The summed E-state index contributed by atoms with van der Waals surface area (Å²) in [6.45, 7) is 4.18. The van der Waals surface area contributed by atoms with E-state index in [0.29, 0.717) is 6.04 Å². The molecule has 2 atom stereocenters. The summed E-state index contributed by atoms with van der Waals surface area (Å²) in [4.78, 5) is 1.44. The van der Waals surface area contributed by atoms with Crippen LogP contribution in [-0.4, -0.2) is 25.2 Å². The minimum Gasteiger partial charge on any atom is -0.360 e. The summed E-state index contributed by atoms with van der Waals surface area (Å²) in [6, 6.07) is 9.35. The van der Waals surface area contributed by atoms with Crippen LogP contribution in [0.4, 0.5) is 0 Å². The molecule has 0 bridgehead atoms. The van der Waals surface area contributed by atoms with E-state index in [1.807, 2.05) is 0 Å². The highest BCUT2D eigenvalue weighted by Crippen LogP contribution is 2.23. The maximum Gasteiger partial charge on any atom is 0.166 e. The first-order valence-electron chi connectivity index (χ1n) is 8.46. The van der Waals surface area contributed by atoms with Crippen molar-refractivity contribution < 1.29 is 4.90 Å². The van der Waals surface area contributed by atoms with Gasteiger partial charge in [0.15, 0.2) is 5.11 Å². The van der Waals surface area contributed by atoms with Gasteiger partial charge in [-0.15, -0.1) is 0 Å². The zero-order chi connectivity index (χ0) is 15.9. The largest absolute Gasteiger partial charge is 0.360 e. The average Bonchev–Trinajstić information content (AvgIpc) is 2.48. The first-order valence-corrected chi connectivity index (χ1v) is 8.86. The Kier molecular flexibility index (Phi) is 6.65. The summed E-state index contributed by atoms with van der Waals surface area (Å²) in [6.07, 6.45) is 5.24. The van der Waals surface area contributed by atoms with E-state index in [0.717, 1.165) is 24.1 Å². The van der Waals surface area contributed by atoms with Crippen molar-refractivity contribution in [3.05, 3.63) is 35.4 Å². The summed E-state index contributed by atoms with van der Waals surface area (Å²) >= 11 is 5.44. The SMILES string of the molecule is C[C@@H]1CCCC[C@H]1NC(=S)NCc1ccc(C[NH+](C)C)cc1. The van der Waals surface area contributed by atoms with Crippen LogP contribution in [0.5, 0.6) is 0 Å². The van der Waals surface area contributed by atoms with Gasteiger partial charge in [-0.2, -0.15) is 0 Å². The third-order valence-corrected chi connectivity index (χ3v) is 4.72. The highest BCUT2D eigenvalue weighted by atomic mass is 32.1. The Morgan fingerprint density at radius 2 is 1.77 bits per heavy atom. The first kappa shape index (κ1) is 17.2. The van der Waals surface area contributed by atoms with E-state index in [2.05, 4.69) is 55.9 Å². The van der Waals surface area contributed by atoms with E-state index >= 15 is 0 Å². The number of quaternary nitrogens is 1. The highest BCUT2D eigenvalue weighted by Gasteiger charge is 2.21. The molecule has 0 aliphatic heterocycles. The third kappa shape index (κ3) is 5.58. The topological polar surface area (TPSA) is 28.5 Å². The molecule has 0 heterocycles. The Morgan fingerprint density at radius 3 is 2.41 bits per heavy atom. The molecule has 1 aliphatic rings. The lowest BCUT2D eigenvalue weighted by atomic mass is 9.86. The predicted octanol–water partition coefficient (Wildman–Crippen LogP) is 1.87. The van der Waals surface area contributed by atoms with Gasteiger partial charge in [-0.3, -0.25) is 0 Å². The molecule has 0 saturated heterocycles. The van der Waals surface area contributed by atoms with Crippen molar-refractivity contribution in [2.24, 2.45) is 5.92 Å². The fraction of sp³-hybridized carbons (Fsp3) is 0.611. The van der Waals surface area contributed by atoms with Gasteiger partial charge in [-0.1, -0.05) is 44.0 Å². The third-order valence-electron chi connectivity index (χ3n) is 4.46. The molecule has 122 valence electrons. The molecule has 1 aliphatic carbocycles. The molecular formula is C18H30N3S+. The lowest BCUT2D eigenvalue weighted by molar-refractivity contribution is -0.872. The zero-order valence-corrected chi connectivity index (χ0v) is 14.9. The molecule has 1 saturated carbocycles. The minimum atomic E-state index is 0.541. The van der Waals surface area contributed by atoms with E-state index < -0.39 is 0 Å². The van der Waals surface area contributed by atoms with Crippen LogP contribution in [0.3, 0.4) is 0 Å². The minimum absolute atomic E-state index is 0.541. The van der Waals surface area contributed by atoms with Crippen molar-refractivity contribution >= 4 is 17.3 Å². The zero-order valence-electron chi connectivity index (χ0n) is 14.1. The van der Waals surface area contributed by atoms with Crippen molar-refractivity contribution in [3.8, 4) is 0 Å². The first-order chi connectivity index (χ1) is 10.5. The number of rotatable bonds is 5. The molecule has 22 heavy (non-hydrogen) atoms. The van der Waals surface area contributed by atoms with E-state index in [-0.39, 0.29) is 0 Å². The van der Waals surface area contributed by atoms with Gasteiger partial charge in [0.05, 0.1) is 14.1 Å². The molecular weight excluding hydrogens is 290 g/mol. The molecule has 0 amide bonds. The van der Waals surface area contributed by atoms with Crippen molar-refractivity contribution in [1.29, 1.82) is 0 Å². The van der Waals surface area contributed by atoms with Gasteiger partial charge in [0.25, 0.3) is 0 Å². The normalized spacial score (nSPS) is 21.6. The Morgan fingerprint density at radius 1 is 1.14 bits per heavy atom. The fourth-order valence-electron chi connectivity index (χ4n) is 3.12. The maximum absolute atomic E-state index is 5.44. The number of thiocarbonyl (C=S) groups is 1. The standard InChI is InChI=1S/C18H29N3S/c1-14-6-4-5-7-17(14)20-18(22)19-12-15-8-10-16(11-9-15)13-21(2)3/h8-11,14,17H,4-7,12-13H2,1-3H3,(H2,19,20,22)/p+1/t14-,17-/m1/s1. The van der Waals surface area contributed by atoms with E-state index in [1.54, 1.807) is 0 Å². The number of benzene rings is 1. The van der Waals surface area contributed by atoms with E-state index in [9.17, 15) is 0 Å². The Bertz CT molecular complexity index is 470. The molecule has 0 unspecified atom stereocenters. The van der Waals surface area contributed by atoms with Gasteiger partial charge in [-0.25, -0.2) is 0 Å². The van der Waals surface area contributed by atoms with Crippen LogP contribution in [0, 0.1) is 5.92 Å². The van der Waals surface area contributed by atoms with Crippen LogP contribution < -0.4 is 15.5 Å². The van der Waals surface area contributed by atoms with Gasteiger partial charge < -0.3 is 15.5 Å². The smallest absolute Gasteiger partial charge is 0.166 e. The summed E-state index contributed by atoms with van der Waals surface area (Å²) in [5.41, 5.74) is 2.65. The average molecular weight is 321 g/mol. The lowest BCUT2D eigenvalue weighted by Gasteiger charge is -2.30. The van der Waals surface area contributed by atoms with Crippen LogP contribution in [0.2, 0.25) is 0 Å². The summed E-state index contributed by atoms with van der Waals surface area (Å²) in [7, 11) is 4.34. The van der Waals surface area contributed by atoms with Gasteiger partial charge in [0, 0.05) is 18.2 Å². The second-order valence-corrected chi connectivity index (χ2v) is 7.30. The Labute approximate surface area is 140 Å². The quantitative estimate of drug-likeness (QED) is 0.724. The summed E-state index contributed by atoms with van der Waals surface area (Å²) in [5, 5.41) is 7.63. The van der Waals surface area contributed by atoms with Gasteiger partial charge in [-0.05, 0) is 36.5 Å². The Balaban J connectivity index is 1.76. The van der Waals surface area contributed by atoms with Gasteiger partial charge in [0.1, 0.15) is 6.54 Å². The van der Waals surface area contributed by atoms with Crippen molar-refractivity contribution in [2.75, 3.05) is 14.1 Å². The number of hydrogen-bond acceptors (Lipinski definition) is 1. The second kappa shape index (κ2) is 8.49. The predicted molar refractivity (Wildman–Crippen MR) is 97.0 cm³/mol. The molecule has 1 fully saturated rings. The number of nitrogens with one attached hydrogen (secondary N) is 3. The summed E-state index contributed by atoms with van der Waals surface area (Å²) < 4.78 is 0. The highest BCUT2D eigenvalue weighted by molar-refractivity contribution is 7.80. The van der Waals surface area contributed by atoms with Crippen LogP contribution in [0.1, 0.15) is 43.7 Å². The van der Waals surface area contributed by atoms with Gasteiger partial charge in [0.2, 0.25) is 0 Å². The molecule has 3 nitrogen and oxygen atoms in total. The molecule has 0 spiro atoms. The maximum atomic E-state index is 5.44. The van der Waals surface area contributed by atoms with Crippen LogP contribution in [-0.2, 0) is 13.1 Å². The van der Waals surface area contributed by atoms with Crippen LogP contribution in [0.25, 0.3) is 0 Å². The van der Waals surface area contributed by atoms with Gasteiger partial charge >= 0.3 is 0 Å². The fourth-order valence-corrected chi connectivity index (χ4v) is 3.34. The summed E-state index contributed by atoms with van der Waals surface area (Å²) in [5.74, 6) is 0.723. The lowest BCUT2D eigenvalue weighted by Crippen LogP contribution is -3.04. The monoisotopic (exact) mass is 320 g/mol. The molecule has 1 aromatic carbocycles. The molecule has 0 radical (unpaired) electrons. The van der Waals surface area contributed by atoms with Crippen molar-refractivity contribution in [2.45, 2.75) is 51.7 Å². The molecule has 3 N–H and O–H groups in total. The van der Waals surface area contributed by atoms with E-state index in [1.165, 1.54) is 41.7 Å². The number of hydrogen-bond donors (Lipinski definition) is 3. The Hall–Kier alpha value is -1.13. The van der Waals surface area contributed by atoms with Crippen LogP contribution in [0.15, 0.2) is 24.3 Å².